The first-order valence-electron chi connectivity index (χ1n) is 6.27. The van der Waals surface area contributed by atoms with E-state index in [1.165, 1.54) is 0 Å². The van der Waals surface area contributed by atoms with Gasteiger partial charge in [0, 0.05) is 19.5 Å². The van der Waals surface area contributed by atoms with Gasteiger partial charge in [-0.1, -0.05) is 43.5 Å². The third kappa shape index (κ3) is 3.21. The Balaban J connectivity index is 2.02. The van der Waals surface area contributed by atoms with Crippen molar-refractivity contribution in [3.8, 4) is 11.5 Å². The largest absolute Gasteiger partial charge is 0.486 e. The van der Waals surface area contributed by atoms with Crippen LogP contribution in [-0.2, 0) is 0 Å². The smallest absolute Gasteiger partial charge is 0.162 e. The molecule has 0 fully saturated rings. The molecule has 1 unspecified atom stereocenters. The zero-order valence-corrected chi connectivity index (χ0v) is 14.7. The van der Waals surface area contributed by atoms with Crippen molar-refractivity contribution < 1.29 is 14.6 Å². The Morgan fingerprint density at radius 1 is 1.00 bits per heavy atom. The molecule has 0 aliphatic carbocycles. The number of rotatable bonds is 2. The Bertz CT molecular complexity index is 671. The maximum atomic E-state index is 10.6. The summed E-state index contributed by atoms with van der Waals surface area (Å²) >= 11 is 12.9. The van der Waals surface area contributed by atoms with Crippen LogP contribution in [0.25, 0.3) is 0 Å². The minimum atomic E-state index is -0.815. The highest BCUT2D eigenvalue weighted by Crippen LogP contribution is 2.40. The maximum Gasteiger partial charge on any atom is 0.162 e. The molecule has 0 bridgehead atoms. The molecule has 1 aliphatic rings. The summed E-state index contributed by atoms with van der Waals surface area (Å²) in [6.45, 7) is 1.04. The molecule has 0 amide bonds. The second kappa shape index (κ2) is 6.16. The predicted molar refractivity (Wildman–Crippen MR) is 88.3 cm³/mol. The number of fused-ring (bicyclic) bond motifs is 1. The van der Waals surface area contributed by atoms with Crippen molar-refractivity contribution in [2.75, 3.05) is 13.2 Å². The minimum Gasteiger partial charge on any atom is -0.486 e. The van der Waals surface area contributed by atoms with Gasteiger partial charge in [-0.3, -0.25) is 0 Å². The average Bonchev–Trinajstić information content (AvgIpc) is 2.44. The molecule has 21 heavy (non-hydrogen) atoms. The number of hydrogen-bond donors (Lipinski definition) is 1. The van der Waals surface area contributed by atoms with Crippen molar-refractivity contribution in [2.24, 2.45) is 0 Å². The van der Waals surface area contributed by atoms with Crippen LogP contribution in [0.5, 0.6) is 11.5 Å². The Morgan fingerprint density at radius 3 is 2.33 bits per heavy atom. The lowest BCUT2D eigenvalue weighted by molar-refractivity contribution is 0.169. The van der Waals surface area contributed by atoms with Crippen LogP contribution in [0.1, 0.15) is 17.2 Å². The van der Waals surface area contributed by atoms with Crippen LogP contribution < -0.4 is 9.47 Å². The molecule has 1 N–H and O–H groups in total. The van der Waals surface area contributed by atoms with Crippen molar-refractivity contribution in [3.05, 3.63) is 55.4 Å². The second-order valence-corrected chi connectivity index (χ2v) is 6.83. The number of hydrogen-bond acceptors (Lipinski definition) is 3. The molecule has 1 atom stereocenters. The van der Waals surface area contributed by atoms with Gasteiger partial charge in [-0.25, -0.2) is 0 Å². The summed E-state index contributed by atoms with van der Waals surface area (Å²) in [6, 6.07) is 8.95. The van der Waals surface area contributed by atoms with Crippen molar-refractivity contribution in [2.45, 2.75) is 6.10 Å². The Kier molecular flexibility index (Phi) is 4.45. The number of halogens is 3. The van der Waals surface area contributed by atoms with Crippen LogP contribution in [0.15, 0.2) is 39.3 Å². The van der Waals surface area contributed by atoms with Crippen molar-refractivity contribution >= 4 is 43.5 Å². The van der Waals surface area contributed by atoms with Crippen LogP contribution in [0.4, 0.5) is 0 Å². The maximum absolute atomic E-state index is 10.6. The summed E-state index contributed by atoms with van der Waals surface area (Å²) in [5, 5.41) is 11.2. The van der Waals surface area contributed by atoms with Crippen LogP contribution in [-0.4, -0.2) is 18.3 Å². The Labute approximate surface area is 144 Å². The zero-order valence-electron chi connectivity index (χ0n) is 10.8. The van der Waals surface area contributed by atoms with Gasteiger partial charge in [-0.2, -0.15) is 0 Å². The second-order valence-electron chi connectivity index (χ2n) is 4.62. The number of ether oxygens (including phenoxy) is 2. The van der Waals surface area contributed by atoms with Gasteiger partial charge in [0.05, 0.1) is 0 Å². The third-order valence-electron chi connectivity index (χ3n) is 3.16. The molecule has 1 heterocycles. The third-order valence-corrected chi connectivity index (χ3v) is 4.52. The molecule has 1 aliphatic heterocycles. The summed E-state index contributed by atoms with van der Waals surface area (Å²) in [5.74, 6) is 1.32. The first kappa shape index (κ1) is 15.2. The van der Waals surface area contributed by atoms with Crippen LogP contribution in [0.2, 0.25) is 5.02 Å². The fourth-order valence-electron chi connectivity index (χ4n) is 2.20. The molecule has 2 aromatic rings. The van der Waals surface area contributed by atoms with E-state index in [0.717, 1.165) is 8.95 Å². The van der Waals surface area contributed by atoms with E-state index >= 15 is 0 Å². The lowest BCUT2D eigenvalue weighted by Crippen LogP contribution is -2.16. The molecule has 6 heteroatoms. The number of aliphatic hydroxyl groups is 1. The number of aliphatic hydroxyl groups excluding tert-OH is 1. The van der Waals surface area contributed by atoms with E-state index in [1.807, 2.05) is 12.1 Å². The average molecular weight is 435 g/mol. The van der Waals surface area contributed by atoms with Gasteiger partial charge in [0.15, 0.2) is 11.5 Å². The zero-order chi connectivity index (χ0) is 15.0. The normalized spacial score (nSPS) is 14.9. The fraction of sp³-hybridized carbons (Fsp3) is 0.200. The molecule has 2 aromatic carbocycles. The molecular weight excluding hydrogens is 423 g/mol. The SMILES string of the molecule is OC(c1cc(Cl)cc(Br)c1)c1cc2c(cc1Br)OCCO2. The van der Waals surface area contributed by atoms with E-state index in [1.54, 1.807) is 18.2 Å². The molecule has 0 aromatic heterocycles. The van der Waals surface area contributed by atoms with Gasteiger partial charge in [-0.05, 0) is 35.9 Å². The first-order chi connectivity index (χ1) is 10.0. The monoisotopic (exact) mass is 432 g/mol. The first-order valence-corrected chi connectivity index (χ1v) is 8.24. The lowest BCUT2D eigenvalue weighted by atomic mass is 10.0. The molecule has 3 nitrogen and oxygen atoms in total. The van der Waals surface area contributed by atoms with Crippen molar-refractivity contribution in [3.63, 3.8) is 0 Å². The molecule has 0 saturated heterocycles. The highest BCUT2D eigenvalue weighted by Gasteiger charge is 2.20. The van der Waals surface area contributed by atoms with E-state index in [4.69, 9.17) is 21.1 Å². The molecule has 0 saturated carbocycles. The van der Waals surface area contributed by atoms with E-state index in [2.05, 4.69) is 31.9 Å². The number of benzene rings is 2. The molecular formula is C15H11Br2ClO3. The molecule has 0 radical (unpaired) electrons. The lowest BCUT2D eigenvalue weighted by Gasteiger charge is -2.22. The topological polar surface area (TPSA) is 38.7 Å². The van der Waals surface area contributed by atoms with Gasteiger partial charge >= 0.3 is 0 Å². The summed E-state index contributed by atoms with van der Waals surface area (Å²) in [6.07, 6.45) is -0.815. The molecule has 0 spiro atoms. The van der Waals surface area contributed by atoms with Crippen LogP contribution in [0.3, 0.4) is 0 Å². The fourth-order valence-corrected chi connectivity index (χ4v) is 3.63. The van der Waals surface area contributed by atoms with E-state index in [9.17, 15) is 5.11 Å². The highest BCUT2D eigenvalue weighted by molar-refractivity contribution is 9.10. The van der Waals surface area contributed by atoms with Gasteiger partial charge < -0.3 is 14.6 Å². The van der Waals surface area contributed by atoms with Crippen molar-refractivity contribution in [1.29, 1.82) is 0 Å². The predicted octanol–water partition coefficient (Wildman–Crippen LogP) is 4.72. The van der Waals surface area contributed by atoms with Gasteiger partial charge in [0.2, 0.25) is 0 Å². The van der Waals surface area contributed by atoms with Crippen LogP contribution >= 0.6 is 43.5 Å². The van der Waals surface area contributed by atoms with E-state index in [-0.39, 0.29) is 0 Å². The van der Waals surface area contributed by atoms with Crippen molar-refractivity contribution in [1.82, 2.24) is 0 Å². The van der Waals surface area contributed by atoms with Gasteiger partial charge in [-0.15, -0.1) is 0 Å². The highest BCUT2D eigenvalue weighted by atomic mass is 79.9. The molecule has 3 rings (SSSR count). The standard InChI is InChI=1S/C15H11Br2ClO3/c16-9-3-8(4-10(18)5-9)15(19)11-6-13-14(7-12(11)17)21-2-1-20-13/h3-7,15,19H,1-2H2. The van der Waals surface area contributed by atoms with Crippen LogP contribution in [0, 0.1) is 0 Å². The quantitative estimate of drug-likeness (QED) is 0.744. The van der Waals surface area contributed by atoms with Gasteiger partial charge in [0.1, 0.15) is 19.3 Å². The van der Waals surface area contributed by atoms with Gasteiger partial charge in [0.25, 0.3) is 0 Å². The minimum absolute atomic E-state index is 0.507. The summed E-state index contributed by atoms with van der Waals surface area (Å²) in [4.78, 5) is 0. The van der Waals surface area contributed by atoms with E-state index < -0.39 is 6.10 Å². The summed E-state index contributed by atoms with van der Waals surface area (Å²) in [7, 11) is 0. The Hall–Kier alpha value is -0.750. The summed E-state index contributed by atoms with van der Waals surface area (Å²) < 4.78 is 12.7. The Morgan fingerprint density at radius 2 is 1.67 bits per heavy atom. The summed E-state index contributed by atoms with van der Waals surface area (Å²) in [5.41, 5.74) is 1.40. The molecule has 110 valence electrons. The van der Waals surface area contributed by atoms with E-state index in [0.29, 0.717) is 40.9 Å².